The molecule has 2 aromatic rings. The molecule has 1 aliphatic heterocycles. The zero-order valence-electron chi connectivity index (χ0n) is 16.4. The van der Waals surface area contributed by atoms with Crippen LogP contribution in [0.1, 0.15) is 49.7 Å². The van der Waals surface area contributed by atoms with Gasteiger partial charge in [-0.2, -0.15) is 0 Å². The molecule has 28 heavy (non-hydrogen) atoms. The number of carbonyl (C=O) groups excluding carboxylic acids is 1. The normalized spacial score (nSPS) is 20.5. The Balaban J connectivity index is 1.95. The highest BCUT2D eigenvalue weighted by molar-refractivity contribution is 5.92. The Bertz CT molecular complexity index is 839. The van der Waals surface area contributed by atoms with E-state index in [2.05, 4.69) is 13.5 Å². The number of hydrogen-bond donors (Lipinski definition) is 1. The van der Waals surface area contributed by atoms with E-state index in [-0.39, 0.29) is 11.7 Å². The summed E-state index contributed by atoms with van der Waals surface area (Å²) >= 11 is 0. The molecule has 0 saturated carbocycles. The Kier molecular flexibility index (Phi) is 6.35. The number of rotatable bonds is 8. The number of esters is 1. The van der Waals surface area contributed by atoms with Gasteiger partial charge in [0.1, 0.15) is 11.4 Å². The lowest BCUT2D eigenvalue weighted by atomic mass is 9.80. The Labute approximate surface area is 167 Å². The monoisotopic (exact) mass is 376 g/mol. The maximum Gasteiger partial charge on any atom is 0.338 e. The molecule has 3 heteroatoms. The van der Waals surface area contributed by atoms with Gasteiger partial charge in [0.15, 0.2) is 0 Å². The zero-order valence-corrected chi connectivity index (χ0v) is 16.4. The highest BCUT2D eigenvalue weighted by Crippen LogP contribution is 2.40. The number of hydrogen-bond acceptors (Lipinski definition) is 3. The van der Waals surface area contributed by atoms with Crippen LogP contribution in [-0.4, -0.2) is 16.7 Å². The molecule has 0 bridgehead atoms. The van der Waals surface area contributed by atoms with E-state index in [9.17, 15) is 9.90 Å². The summed E-state index contributed by atoms with van der Waals surface area (Å²) in [7, 11) is 0. The van der Waals surface area contributed by atoms with Gasteiger partial charge in [-0.15, -0.1) is 6.58 Å². The molecule has 1 heterocycles. The maximum atomic E-state index is 13.1. The van der Waals surface area contributed by atoms with Gasteiger partial charge < -0.3 is 9.84 Å². The van der Waals surface area contributed by atoms with Crippen LogP contribution in [0.4, 0.5) is 0 Å². The quantitative estimate of drug-likeness (QED) is 0.462. The first kappa shape index (κ1) is 19.9. The molecular formula is C25H28O3. The molecule has 0 aliphatic carbocycles. The molecular weight excluding hydrogens is 348 g/mol. The average molecular weight is 376 g/mol. The summed E-state index contributed by atoms with van der Waals surface area (Å²) in [5, 5.41) is 10.9. The van der Waals surface area contributed by atoms with Crippen molar-refractivity contribution in [2.24, 2.45) is 0 Å². The molecule has 0 spiro atoms. The molecule has 0 amide bonds. The fourth-order valence-electron chi connectivity index (χ4n) is 3.99. The molecule has 146 valence electrons. The van der Waals surface area contributed by atoms with Gasteiger partial charge in [0.05, 0.1) is 5.57 Å². The second kappa shape index (κ2) is 8.92. The molecule has 1 aliphatic rings. The Morgan fingerprint density at radius 3 is 2.36 bits per heavy atom. The summed E-state index contributed by atoms with van der Waals surface area (Å²) in [5.41, 5.74) is 1.62. The third-order valence-electron chi connectivity index (χ3n) is 5.39. The lowest BCUT2D eigenvalue weighted by Crippen LogP contribution is -2.43. The molecule has 0 radical (unpaired) electrons. The smallest absolute Gasteiger partial charge is 0.338 e. The zero-order chi connectivity index (χ0) is 20.0. The summed E-state index contributed by atoms with van der Waals surface area (Å²) in [5.74, 6) is -0.698. The molecule has 2 atom stereocenters. The summed E-state index contributed by atoms with van der Waals surface area (Å²) in [6.45, 7) is 6.00. The van der Waals surface area contributed by atoms with Crippen molar-refractivity contribution in [3.8, 4) is 0 Å². The predicted octanol–water partition coefficient (Wildman–Crippen LogP) is 5.89. The first-order valence-electron chi connectivity index (χ1n) is 9.95. The van der Waals surface area contributed by atoms with E-state index in [0.29, 0.717) is 18.4 Å². The first-order valence-corrected chi connectivity index (χ1v) is 9.95. The third kappa shape index (κ3) is 4.36. The van der Waals surface area contributed by atoms with Crippen molar-refractivity contribution >= 4 is 5.97 Å². The van der Waals surface area contributed by atoms with E-state index in [0.717, 1.165) is 30.4 Å². The van der Waals surface area contributed by atoms with Crippen molar-refractivity contribution in [1.82, 2.24) is 0 Å². The summed E-state index contributed by atoms with van der Waals surface area (Å²) in [6, 6.07) is 19.6. The molecule has 0 saturated heterocycles. The van der Waals surface area contributed by atoms with Crippen LogP contribution < -0.4 is 0 Å². The van der Waals surface area contributed by atoms with Crippen LogP contribution >= 0.6 is 0 Å². The first-order chi connectivity index (χ1) is 13.6. The van der Waals surface area contributed by atoms with Gasteiger partial charge >= 0.3 is 5.97 Å². The van der Waals surface area contributed by atoms with E-state index in [4.69, 9.17) is 4.74 Å². The van der Waals surface area contributed by atoms with Crippen LogP contribution in [0.15, 0.2) is 84.7 Å². The highest BCUT2D eigenvalue weighted by Gasteiger charge is 2.43. The molecule has 1 N–H and O–H groups in total. The molecule has 3 nitrogen and oxygen atoms in total. The number of ether oxygens (including phenoxy) is 1. The van der Waals surface area contributed by atoms with Gasteiger partial charge in [0, 0.05) is 18.8 Å². The van der Waals surface area contributed by atoms with Gasteiger partial charge in [-0.3, -0.25) is 0 Å². The van der Waals surface area contributed by atoms with Crippen molar-refractivity contribution in [1.29, 1.82) is 0 Å². The third-order valence-corrected chi connectivity index (χ3v) is 5.39. The Morgan fingerprint density at radius 1 is 1.14 bits per heavy atom. The van der Waals surface area contributed by atoms with Gasteiger partial charge in [-0.1, -0.05) is 80.1 Å². The van der Waals surface area contributed by atoms with Gasteiger partial charge in [0.2, 0.25) is 0 Å². The van der Waals surface area contributed by atoms with Crippen LogP contribution in [0.5, 0.6) is 0 Å². The van der Waals surface area contributed by atoms with Crippen molar-refractivity contribution in [2.75, 3.05) is 0 Å². The summed E-state index contributed by atoms with van der Waals surface area (Å²) in [4.78, 5) is 13.1. The SMILES string of the molecule is C=CC(C1=C(O)CC(CCCC)(Cc2ccccc2)OC1=O)c1ccccc1. The number of benzene rings is 2. The fourth-order valence-corrected chi connectivity index (χ4v) is 3.99. The Hall–Kier alpha value is -2.81. The standard InChI is InChI=1S/C25H28O3/c1-3-5-16-25(17-19-12-8-6-9-13-19)18-22(26)23(24(27)28-25)21(4-2)20-14-10-7-11-15-20/h4,6-15,21,26H,2-3,5,16-18H2,1H3. The van der Waals surface area contributed by atoms with Crippen molar-refractivity contribution in [3.05, 3.63) is 95.8 Å². The number of carbonyl (C=O) groups is 1. The number of cyclic esters (lactones) is 1. The number of unbranched alkanes of at least 4 members (excludes halogenated alkanes) is 1. The van der Waals surface area contributed by atoms with Crippen molar-refractivity contribution in [2.45, 2.75) is 50.5 Å². The fraction of sp³-hybridized carbons (Fsp3) is 0.320. The average Bonchev–Trinajstić information content (AvgIpc) is 2.70. The number of allylic oxidation sites excluding steroid dienone is 1. The minimum Gasteiger partial charge on any atom is -0.512 e. The van der Waals surface area contributed by atoms with Crippen LogP contribution in [-0.2, 0) is 16.0 Å². The van der Waals surface area contributed by atoms with Crippen molar-refractivity contribution in [3.63, 3.8) is 0 Å². The van der Waals surface area contributed by atoms with E-state index in [1.54, 1.807) is 6.08 Å². The molecule has 2 unspecified atom stereocenters. The second-order valence-corrected chi connectivity index (χ2v) is 7.50. The van der Waals surface area contributed by atoms with Crippen LogP contribution in [0.25, 0.3) is 0 Å². The maximum absolute atomic E-state index is 13.1. The number of aliphatic hydroxyl groups excluding tert-OH is 1. The van der Waals surface area contributed by atoms with Gasteiger partial charge in [-0.25, -0.2) is 4.79 Å². The molecule has 3 rings (SSSR count). The summed E-state index contributed by atoms with van der Waals surface area (Å²) in [6.07, 6.45) is 5.29. The van der Waals surface area contributed by atoms with Crippen LogP contribution in [0.3, 0.4) is 0 Å². The minimum absolute atomic E-state index is 0.122. The van der Waals surface area contributed by atoms with Crippen LogP contribution in [0.2, 0.25) is 0 Å². The largest absolute Gasteiger partial charge is 0.512 e. The lowest BCUT2D eigenvalue weighted by molar-refractivity contribution is -0.160. The van der Waals surface area contributed by atoms with Gasteiger partial charge in [-0.05, 0) is 24.0 Å². The van der Waals surface area contributed by atoms with E-state index in [1.807, 2.05) is 60.7 Å². The van der Waals surface area contributed by atoms with E-state index in [1.165, 1.54) is 0 Å². The molecule has 0 fully saturated rings. The summed E-state index contributed by atoms with van der Waals surface area (Å²) < 4.78 is 6.06. The second-order valence-electron chi connectivity index (χ2n) is 7.50. The number of aliphatic hydroxyl groups is 1. The lowest BCUT2D eigenvalue weighted by Gasteiger charge is -2.38. The van der Waals surface area contributed by atoms with Crippen molar-refractivity contribution < 1.29 is 14.6 Å². The van der Waals surface area contributed by atoms with E-state index < -0.39 is 11.6 Å². The van der Waals surface area contributed by atoms with E-state index >= 15 is 0 Å². The predicted molar refractivity (Wildman–Crippen MR) is 112 cm³/mol. The van der Waals surface area contributed by atoms with Gasteiger partial charge in [0.25, 0.3) is 0 Å². The van der Waals surface area contributed by atoms with Crippen LogP contribution in [0, 0.1) is 0 Å². The molecule has 2 aromatic carbocycles. The topological polar surface area (TPSA) is 46.5 Å². The minimum atomic E-state index is -0.704. The highest BCUT2D eigenvalue weighted by atomic mass is 16.6. The Morgan fingerprint density at radius 2 is 1.79 bits per heavy atom. The molecule has 0 aromatic heterocycles.